The Labute approximate surface area is 162 Å². The quantitative estimate of drug-likeness (QED) is 0.727. The average molecular weight is 379 g/mol. The number of methoxy groups -OCH3 is 1. The minimum absolute atomic E-state index is 0.0509. The zero-order valence-electron chi connectivity index (χ0n) is 15.5. The van der Waals surface area contributed by atoms with Crippen LogP contribution in [0.3, 0.4) is 0 Å². The number of hydrogen-bond acceptors (Lipinski definition) is 7. The van der Waals surface area contributed by atoms with Gasteiger partial charge in [-0.1, -0.05) is 12.1 Å². The summed E-state index contributed by atoms with van der Waals surface area (Å²) in [5.74, 6) is 0.689. The van der Waals surface area contributed by atoms with Crippen LogP contribution in [0.4, 0.5) is 0 Å². The van der Waals surface area contributed by atoms with Crippen LogP contribution in [0.25, 0.3) is 11.0 Å². The second-order valence-corrected chi connectivity index (χ2v) is 6.71. The molecule has 0 aliphatic heterocycles. The molecule has 0 radical (unpaired) electrons. The van der Waals surface area contributed by atoms with Crippen molar-refractivity contribution in [3.05, 3.63) is 48.5 Å². The van der Waals surface area contributed by atoms with Gasteiger partial charge in [-0.25, -0.2) is 4.98 Å². The van der Waals surface area contributed by atoms with Crippen molar-refractivity contribution in [3.8, 4) is 11.8 Å². The summed E-state index contributed by atoms with van der Waals surface area (Å²) >= 11 is 0. The van der Waals surface area contributed by atoms with Crippen LogP contribution in [-0.4, -0.2) is 45.1 Å². The third-order valence-electron chi connectivity index (χ3n) is 4.78. The van der Waals surface area contributed by atoms with E-state index >= 15 is 0 Å². The van der Waals surface area contributed by atoms with Gasteiger partial charge in [0.25, 0.3) is 5.91 Å². The number of ether oxygens (including phenoxy) is 2. The number of nitrogens with zero attached hydrogens (tertiary/aromatic N) is 4. The molecule has 3 aromatic rings. The number of benzene rings is 1. The number of fused-ring (bicyclic) bond motifs is 1. The number of nitrogens with one attached hydrogen (secondary N) is 1. The molecule has 0 bridgehead atoms. The lowest BCUT2D eigenvalue weighted by molar-refractivity contribution is 0.0884. The predicted octanol–water partition coefficient (Wildman–Crippen LogP) is 2.55. The number of carbonyl (C=O) groups is 1. The molecule has 8 nitrogen and oxygen atoms in total. The van der Waals surface area contributed by atoms with E-state index in [2.05, 4.69) is 25.3 Å². The van der Waals surface area contributed by atoms with Gasteiger partial charge < -0.3 is 14.8 Å². The lowest BCUT2D eigenvalue weighted by Crippen LogP contribution is -2.40. The molecule has 0 unspecified atom stereocenters. The maximum absolute atomic E-state index is 12.5. The number of para-hydroxylation sites is 2. The van der Waals surface area contributed by atoms with E-state index in [0.29, 0.717) is 23.0 Å². The first-order chi connectivity index (χ1) is 13.7. The van der Waals surface area contributed by atoms with Crippen molar-refractivity contribution in [2.75, 3.05) is 7.11 Å². The van der Waals surface area contributed by atoms with Gasteiger partial charge in [0.15, 0.2) is 0 Å². The van der Waals surface area contributed by atoms with E-state index in [-0.39, 0.29) is 18.1 Å². The molecule has 8 heteroatoms. The summed E-state index contributed by atoms with van der Waals surface area (Å²) in [5, 5.41) is 3.06. The Morgan fingerprint density at radius 3 is 2.54 bits per heavy atom. The molecular weight excluding hydrogens is 358 g/mol. The Balaban J connectivity index is 1.31. The molecular formula is C20H21N5O3. The highest BCUT2D eigenvalue weighted by molar-refractivity contribution is 5.93. The summed E-state index contributed by atoms with van der Waals surface area (Å²) in [7, 11) is 1.54. The molecule has 1 fully saturated rings. The van der Waals surface area contributed by atoms with Gasteiger partial charge in [-0.3, -0.25) is 14.8 Å². The van der Waals surface area contributed by atoms with Crippen LogP contribution >= 0.6 is 0 Å². The fourth-order valence-corrected chi connectivity index (χ4v) is 3.31. The van der Waals surface area contributed by atoms with E-state index in [1.54, 1.807) is 13.3 Å². The van der Waals surface area contributed by atoms with E-state index in [9.17, 15) is 4.79 Å². The summed E-state index contributed by atoms with van der Waals surface area (Å²) in [4.78, 5) is 29.5. The summed E-state index contributed by atoms with van der Waals surface area (Å²) in [6.07, 6.45) is 8.00. The lowest BCUT2D eigenvalue weighted by Gasteiger charge is -2.29. The minimum Gasteiger partial charge on any atom is -0.480 e. The van der Waals surface area contributed by atoms with Crippen molar-refractivity contribution in [2.24, 2.45) is 0 Å². The maximum Gasteiger partial charge on any atom is 0.271 e. The van der Waals surface area contributed by atoms with E-state index in [1.807, 2.05) is 24.3 Å². The van der Waals surface area contributed by atoms with E-state index in [4.69, 9.17) is 9.47 Å². The van der Waals surface area contributed by atoms with Gasteiger partial charge >= 0.3 is 0 Å². The van der Waals surface area contributed by atoms with E-state index in [0.717, 1.165) is 31.2 Å². The molecule has 2 aromatic heterocycles. The van der Waals surface area contributed by atoms with Gasteiger partial charge in [0.1, 0.15) is 11.8 Å². The molecule has 0 saturated heterocycles. The van der Waals surface area contributed by atoms with Gasteiger partial charge in [-0.15, -0.1) is 0 Å². The zero-order chi connectivity index (χ0) is 19.3. The largest absolute Gasteiger partial charge is 0.480 e. The molecule has 1 N–H and O–H groups in total. The first kappa shape index (κ1) is 18.1. The van der Waals surface area contributed by atoms with Gasteiger partial charge in [-0.2, -0.15) is 4.98 Å². The number of hydrogen-bond donors (Lipinski definition) is 1. The van der Waals surface area contributed by atoms with Crippen LogP contribution in [0.15, 0.2) is 42.9 Å². The summed E-state index contributed by atoms with van der Waals surface area (Å²) in [5.41, 5.74) is 1.83. The molecule has 2 heterocycles. The second kappa shape index (κ2) is 8.16. The highest BCUT2D eigenvalue weighted by atomic mass is 16.5. The number of amides is 1. The average Bonchev–Trinajstić information content (AvgIpc) is 2.75. The Morgan fingerprint density at radius 2 is 1.75 bits per heavy atom. The molecule has 1 aliphatic rings. The Morgan fingerprint density at radius 1 is 1.00 bits per heavy atom. The molecule has 28 heavy (non-hydrogen) atoms. The maximum atomic E-state index is 12.5. The van der Waals surface area contributed by atoms with Crippen molar-refractivity contribution < 1.29 is 14.3 Å². The molecule has 1 amide bonds. The van der Waals surface area contributed by atoms with Gasteiger partial charge in [0.05, 0.1) is 36.7 Å². The number of rotatable bonds is 5. The fraction of sp³-hybridized carbons (Fsp3) is 0.350. The van der Waals surface area contributed by atoms with E-state index in [1.165, 1.54) is 12.4 Å². The number of aromatic nitrogens is 4. The molecule has 1 aliphatic carbocycles. The second-order valence-electron chi connectivity index (χ2n) is 6.71. The smallest absolute Gasteiger partial charge is 0.271 e. The van der Waals surface area contributed by atoms with Crippen LogP contribution in [-0.2, 0) is 0 Å². The van der Waals surface area contributed by atoms with Crippen LogP contribution in [0, 0.1) is 0 Å². The standard InChI is InChI=1S/C20H21N5O3/c1-27-18-11-21-12-19(25-18)28-14-8-6-13(7-9-14)23-20(26)17-10-22-15-4-2-3-5-16(15)24-17/h2-5,10-14H,6-9H2,1H3,(H,23,26). The zero-order valence-corrected chi connectivity index (χ0v) is 15.5. The summed E-state index contributed by atoms with van der Waals surface area (Å²) in [6.45, 7) is 0. The highest BCUT2D eigenvalue weighted by Gasteiger charge is 2.25. The van der Waals surface area contributed by atoms with Crippen molar-refractivity contribution in [1.82, 2.24) is 25.3 Å². The van der Waals surface area contributed by atoms with E-state index < -0.39 is 0 Å². The van der Waals surface area contributed by atoms with Crippen LogP contribution < -0.4 is 14.8 Å². The lowest BCUT2D eigenvalue weighted by atomic mass is 9.93. The monoisotopic (exact) mass is 379 g/mol. The Hall–Kier alpha value is -3.29. The van der Waals surface area contributed by atoms with Crippen LogP contribution in [0.5, 0.6) is 11.8 Å². The first-order valence-corrected chi connectivity index (χ1v) is 9.26. The highest BCUT2D eigenvalue weighted by Crippen LogP contribution is 2.23. The fourth-order valence-electron chi connectivity index (χ4n) is 3.31. The summed E-state index contributed by atoms with van der Waals surface area (Å²) in [6, 6.07) is 7.60. The van der Waals surface area contributed by atoms with Gasteiger partial charge in [-0.05, 0) is 37.8 Å². The summed E-state index contributed by atoms with van der Waals surface area (Å²) < 4.78 is 11.0. The molecule has 1 saturated carbocycles. The van der Waals surface area contributed by atoms with Crippen LogP contribution in [0.1, 0.15) is 36.2 Å². The molecule has 0 atom stereocenters. The van der Waals surface area contributed by atoms with Gasteiger partial charge in [0, 0.05) is 6.04 Å². The third-order valence-corrected chi connectivity index (χ3v) is 4.78. The van der Waals surface area contributed by atoms with Crippen molar-refractivity contribution in [1.29, 1.82) is 0 Å². The molecule has 4 rings (SSSR count). The SMILES string of the molecule is COc1cncc(OC2CCC(NC(=O)c3cnc4ccccc4n3)CC2)n1. The van der Waals surface area contributed by atoms with Crippen molar-refractivity contribution in [2.45, 2.75) is 37.8 Å². The predicted molar refractivity (Wildman–Crippen MR) is 102 cm³/mol. The third kappa shape index (κ3) is 4.16. The molecule has 1 aromatic carbocycles. The number of carbonyl (C=O) groups excluding carboxylic acids is 1. The topological polar surface area (TPSA) is 99.1 Å². The van der Waals surface area contributed by atoms with Crippen LogP contribution in [0.2, 0.25) is 0 Å². The molecule has 0 spiro atoms. The molecule has 144 valence electrons. The normalized spacial score (nSPS) is 19.2. The van der Waals surface area contributed by atoms with Crippen molar-refractivity contribution in [3.63, 3.8) is 0 Å². The Kier molecular flexibility index (Phi) is 5.27. The minimum atomic E-state index is -0.193. The van der Waals surface area contributed by atoms with Gasteiger partial charge in [0.2, 0.25) is 11.8 Å². The Bertz CT molecular complexity index is 973. The first-order valence-electron chi connectivity index (χ1n) is 9.26. The van der Waals surface area contributed by atoms with Crippen molar-refractivity contribution >= 4 is 16.9 Å².